The van der Waals surface area contributed by atoms with Crippen LogP contribution in [0.25, 0.3) is 11.5 Å². The van der Waals surface area contributed by atoms with E-state index >= 15 is 0 Å². The van der Waals surface area contributed by atoms with Gasteiger partial charge in [0.15, 0.2) is 10.9 Å². The lowest BCUT2D eigenvalue weighted by Crippen LogP contribution is -2.46. The van der Waals surface area contributed by atoms with Gasteiger partial charge in [0.2, 0.25) is 0 Å². The zero-order valence-electron chi connectivity index (χ0n) is 17.8. The van der Waals surface area contributed by atoms with Gasteiger partial charge in [-0.05, 0) is 43.6 Å². The van der Waals surface area contributed by atoms with Gasteiger partial charge >= 0.3 is 0 Å². The highest BCUT2D eigenvalue weighted by atomic mass is 32.1. The highest BCUT2D eigenvalue weighted by Gasteiger charge is 2.21. The normalized spacial score (nSPS) is 19.7. The number of aromatic nitrogens is 2. The summed E-state index contributed by atoms with van der Waals surface area (Å²) < 4.78 is 5.46. The topological polar surface area (TPSA) is 57.4 Å². The molecule has 1 saturated heterocycles. The Labute approximate surface area is 185 Å². The first kappa shape index (κ1) is 21.2. The molecule has 0 amide bonds. The van der Waals surface area contributed by atoms with E-state index in [-0.39, 0.29) is 0 Å². The fourth-order valence-corrected chi connectivity index (χ4v) is 4.76. The summed E-state index contributed by atoms with van der Waals surface area (Å²) >= 11 is 5.78. The second kappa shape index (κ2) is 10.9. The molecule has 1 saturated carbocycles. The SMILES string of the molecule is S=C(NC1CCCCCCC1)N1CCCN(Cc2noc(-c3ccccc3)n2)CC1. The van der Waals surface area contributed by atoms with Gasteiger partial charge in [0.1, 0.15) is 0 Å². The summed E-state index contributed by atoms with van der Waals surface area (Å²) in [6.45, 7) is 4.66. The van der Waals surface area contributed by atoms with Gasteiger partial charge in [0.25, 0.3) is 5.89 Å². The number of hydrogen-bond acceptors (Lipinski definition) is 5. The summed E-state index contributed by atoms with van der Waals surface area (Å²) in [6, 6.07) is 10.5. The minimum atomic E-state index is 0.549. The standard InChI is InChI=1S/C23H33N5OS/c30-23(24-20-12-7-2-1-3-8-13-20)28-15-9-14-27(16-17-28)18-21-25-22(29-26-21)19-10-5-4-6-11-19/h4-6,10-11,20H,1-3,7-9,12-18H2,(H,24,30). The Hall–Kier alpha value is -1.99. The lowest BCUT2D eigenvalue weighted by atomic mass is 9.97. The third-order valence-corrected chi connectivity index (χ3v) is 6.54. The van der Waals surface area contributed by atoms with Crippen molar-refractivity contribution in [2.75, 3.05) is 26.2 Å². The molecule has 1 aliphatic heterocycles. The summed E-state index contributed by atoms with van der Waals surface area (Å²) in [5, 5.41) is 8.79. The summed E-state index contributed by atoms with van der Waals surface area (Å²) in [5.41, 5.74) is 0.962. The predicted octanol–water partition coefficient (Wildman–Crippen LogP) is 4.23. The van der Waals surface area contributed by atoms with E-state index in [1.807, 2.05) is 30.3 Å². The van der Waals surface area contributed by atoms with Crippen molar-refractivity contribution in [3.8, 4) is 11.5 Å². The molecule has 0 unspecified atom stereocenters. The van der Waals surface area contributed by atoms with E-state index in [0.717, 1.165) is 49.1 Å². The Morgan fingerprint density at radius 3 is 2.53 bits per heavy atom. The van der Waals surface area contributed by atoms with Crippen molar-refractivity contribution in [3.63, 3.8) is 0 Å². The van der Waals surface area contributed by atoms with E-state index < -0.39 is 0 Å². The molecular formula is C23H33N5OS. The van der Waals surface area contributed by atoms with E-state index in [1.165, 1.54) is 44.9 Å². The largest absolute Gasteiger partial charge is 0.360 e. The molecule has 0 spiro atoms. The van der Waals surface area contributed by atoms with Crippen molar-refractivity contribution < 1.29 is 4.52 Å². The molecule has 2 aliphatic rings. The number of hydrogen-bond donors (Lipinski definition) is 1. The van der Waals surface area contributed by atoms with Gasteiger partial charge in [-0.25, -0.2) is 0 Å². The van der Waals surface area contributed by atoms with E-state index in [2.05, 4.69) is 25.3 Å². The van der Waals surface area contributed by atoms with Gasteiger partial charge in [-0.15, -0.1) is 0 Å². The van der Waals surface area contributed by atoms with Crippen LogP contribution in [0.1, 0.15) is 57.2 Å². The zero-order valence-corrected chi connectivity index (χ0v) is 18.6. The quantitative estimate of drug-likeness (QED) is 0.733. The second-order valence-corrected chi connectivity index (χ2v) is 8.88. The summed E-state index contributed by atoms with van der Waals surface area (Å²) in [4.78, 5) is 9.33. The lowest BCUT2D eigenvalue weighted by molar-refractivity contribution is 0.265. The van der Waals surface area contributed by atoms with Crippen LogP contribution in [0.15, 0.2) is 34.9 Å². The van der Waals surface area contributed by atoms with Crippen LogP contribution in [0, 0.1) is 0 Å². The number of nitrogens with one attached hydrogen (secondary N) is 1. The van der Waals surface area contributed by atoms with Crippen LogP contribution >= 0.6 is 12.2 Å². The molecule has 1 aromatic heterocycles. The monoisotopic (exact) mass is 427 g/mol. The van der Waals surface area contributed by atoms with Crippen LogP contribution in [0.4, 0.5) is 0 Å². The number of nitrogens with zero attached hydrogens (tertiary/aromatic N) is 4. The third kappa shape index (κ3) is 6.01. The highest BCUT2D eigenvalue weighted by Crippen LogP contribution is 2.19. The van der Waals surface area contributed by atoms with Gasteiger partial charge < -0.3 is 14.7 Å². The third-order valence-electron chi connectivity index (χ3n) is 6.16. The molecule has 0 radical (unpaired) electrons. The average Bonchev–Trinajstić information content (AvgIpc) is 3.08. The molecule has 1 aromatic carbocycles. The van der Waals surface area contributed by atoms with Gasteiger partial charge in [-0.1, -0.05) is 55.5 Å². The number of rotatable bonds is 4. The van der Waals surface area contributed by atoms with E-state index in [0.29, 0.717) is 18.5 Å². The predicted molar refractivity (Wildman–Crippen MR) is 123 cm³/mol. The molecule has 0 bridgehead atoms. The highest BCUT2D eigenvalue weighted by molar-refractivity contribution is 7.80. The maximum Gasteiger partial charge on any atom is 0.257 e. The minimum absolute atomic E-state index is 0.549. The molecule has 2 aromatic rings. The van der Waals surface area contributed by atoms with Crippen molar-refractivity contribution >= 4 is 17.3 Å². The van der Waals surface area contributed by atoms with E-state index in [9.17, 15) is 0 Å². The van der Waals surface area contributed by atoms with Crippen molar-refractivity contribution in [3.05, 3.63) is 36.2 Å². The van der Waals surface area contributed by atoms with Crippen LogP contribution in [-0.4, -0.2) is 57.3 Å². The van der Waals surface area contributed by atoms with Crippen molar-refractivity contribution in [1.82, 2.24) is 25.3 Å². The second-order valence-electron chi connectivity index (χ2n) is 8.49. The van der Waals surface area contributed by atoms with Crippen LogP contribution < -0.4 is 5.32 Å². The van der Waals surface area contributed by atoms with Gasteiger partial charge in [-0.3, -0.25) is 4.90 Å². The molecular weight excluding hydrogens is 394 g/mol. The zero-order chi connectivity index (χ0) is 20.6. The molecule has 162 valence electrons. The Bertz CT molecular complexity index is 788. The van der Waals surface area contributed by atoms with Crippen LogP contribution in [0.2, 0.25) is 0 Å². The fraction of sp³-hybridized carbons (Fsp3) is 0.609. The molecule has 7 heteroatoms. The van der Waals surface area contributed by atoms with E-state index in [4.69, 9.17) is 16.7 Å². The van der Waals surface area contributed by atoms with Crippen LogP contribution in [0.5, 0.6) is 0 Å². The first-order valence-electron chi connectivity index (χ1n) is 11.4. The van der Waals surface area contributed by atoms with Gasteiger partial charge in [-0.2, -0.15) is 4.98 Å². The summed E-state index contributed by atoms with van der Waals surface area (Å²) in [5.74, 6) is 1.34. The molecule has 2 heterocycles. The smallest absolute Gasteiger partial charge is 0.257 e. The number of thiocarbonyl (C=S) groups is 1. The Morgan fingerprint density at radius 1 is 0.967 bits per heavy atom. The Balaban J connectivity index is 1.26. The number of benzene rings is 1. The van der Waals surface area contributed by atoms with Crippen molar-refractivity contribution in [2.24, 2.45) is 0 Å². The maximum absolute atomic E-state index is 5.78. The van der Waals surface area contributed by atoms with Crippen molar-refractivity contribution in [2.45, 2.75) is 64.0 Å². The summed E-state index contributed by atoms with van der Waals surface area (Å²) in [6.07, 6.45) is 10.4. The Morgan fingerprint density at radius 2 is 1.73 bits per heavy atom. The molecule has 1 N–H and O–H groups in total. The average molecular weight is 428 g/mol. The van der Waals surface area contributed by atoms with Gasteiger partial charge in [0, 0.05) is 37.8 Å². The fourth-order valence-electron chi connectivity index (χ4n) is 4.41. The molecule has 4 rings (SSSR count). The summed E-state index contributed by atoms with van der Waals surface area (Å²) in [7, 11) is 0. The first-order valence-corrected chi connectivity index (χ1v) is 11.8. The molecule has 30 heavy (non-hydrogen) atoms. The molecule has 2 fully saturated rings. The minimum Gasteiger partial charge on any atom is -0.360 e. The molecule has 0 atom stereocenters. The molecule has 6 nitrogen and oxygen atoms in total. The van der Waals surface area contributed by atoms with Crippen molar-refractivity contribution in [1.29, 1.82) is 0 Å². The molecule has 1 aliphatic carbocycles. The maximum atomic E-state index is 5.78. The van der Waals surface area contributed by atoms with E-state index in [1.54, 1.807) is 0 Å². The Kier molecular flexibility index (Phi) is 7.70. The first-order chi connectivity index (χ1) is 14.8. The van der Waals surface area contributed by atoms with Crippen LogP contribution in [0.3, 0.4) is 0 Å². The van der Waals surface area contributed by atoms with Crippen LogP contribution in [-0.2, 0) is 6.54 Å². The van der Waals surface area contributed by atoms with Gasteiger partial charge in [0.05, 0.1) is 6.54 Å². The lowest BCUT2D eigenvalue weighted by Gasteiger charge is -2.29.